The second-order valence-corrected chi connectivity index (χ2v) is 8.26. The summed E-state index contributed by atoms with van der Waals surface area (Å²) in [6.45, 7) is 3.81. The van der Waals surface area contributed by atoms with Gasteiger partial charge in [0.1, 0.15) is 10.7 Å². The maximum absolute atomic E-state index is 12.6. The van der Waals surface area contributed by atoms with Crippen LogP contribution in [0.5, 0.6) is 0 Å². The first-order valence-electron chi connectivity index (χ1n) is 8.99. The Morgan fingerprint density at radius 1 is 1.12 bits per heavy atom. The van der Waals surface area contributed by atoms with E-state index in [1.165, 1.54) is 28.9 Å². The molecule has 1 aromatic heterocycles. The van der Waals surface area contributed by atoms with E-state index in [-0.39, 0.29) is 4.90 Å². The van der Waals surface area contributed by atoms with Crippen molar-refractivity contribution in [3.8, 4) is 0 Å². The van der Waals surface area contributed by atoms with Gasteiger partial charge in [-0.25, -0.2) is 13.4 Å². The van der Waals surface area contributed by atoms with Gasteiger partial charge in [-0.15, -0.1) is 0 Å². The first-order valence-corrected chi connectivity index (χ1v) is 10.4. The molecule has 0 bridgehead atoms. The Bertz CT molecular complexity index is 799. The van der Waals surface area contributed by atoms with Crippen molar-refractivity contribution in [1.29, 1.82) is 0 Å². The molecule has 1 saturated heterocycles. The van der Waals surface area contributed by atoms with Crippen molar-refractivity contribution in [1.82, 2.24) is 9.29 Å². The van der Waals surface area contributed by atoms with Gasteiger partial charge in [0.2, 0.25) is 10.0 Å². The fraction of sp³-hybridized carbons (Fsp3) is 0.421. The number of benzene rings is 1. The second kappa shape index (κ2) is 8.62. The highest BCUT2D eigenvalue weighted by atomic mass is 32.2. The molecule has 2 aromatic rings. The summed E-state index contributed by atoms with van der Waals surface area (Å²) in [5.41, 5.74) is 2.25. The highest BCUT2D eigenvalue weighted by Gasteiger charge is 2.26. The Balaban J connectivity index is 1.65. The minimum Gasteiger partial charge on any atom is -0.379 e. The molecule has 0 saturated carbocycles. The summed E-state index contributed by atoms with van der Waals surface area (Å²) >= 11 is 0. The molecule has 6 nitrogen and oxygen atoms in total. The Kier molecular flexibility index (Phi) is 6.24. The van der Waals surface area contributed by atoms with Crippen LogP contribution in [0.15, 0.2) is 47.5 Å². The van der Waals surface area contributed by atoms with Gasteiger partial charge < -0.3 is 10.1 Å². The standard InChI is InChI=1S/C19H25N3O3S/c1-2-3-4-16-5-7-17(8-6-16)21-19-10-9-18(15-20-19)26(23,24)22-11-13-25-14-12-22/h5-10,15H,2-4,11-14H2,1H3,(H,20,21). The molecular formula is C19H25N3O3S. The lowest BCUT2D eigenvalue weighted by atomic mass is 10.1. The van der Waals surface area contributed by atoms with Gasteiger partial charge in [0.15, 0.2) is 0 Å². The van der Waals surface area contributed by atoms with E-state index in [9.17, 15) is 8.42 Å². The van der Waals surface area contributed by atoms with Crippen LogP contribution in [0, 0.1) is 0 Å². The van der Waals surface area contributed by atoms with Crippen LogP contribution in [0.25, 0.3) is 0 Å². The summed E-state index contributed by atoms with van der Waals surface area (Å²) in [6, 6.07) is 11.5. The quantitative estimate of drug-likeness (QED) is 0.805. The summed E-state index contributed by atoms with van der Waals surface area (Å²) in [7, 11) is -3.50. The average Bonchev–Trinajstić information content (AvgIpc) is 2.68. The Labute approximate surface area is 155 Å². The van der Waals surface area contributed by atoms with Gasteiger partial charge in [-0.3, -0.25) is 0 Å². The van der Waals surface area contributed by atoms with E-state index in [1.54, 1.807) is 12.1 Å². The first-order chi connectivity index (χ1) is 12.6. The molecule has 1 N–H and O–H groups in total. The lowest BCUT2D eigenvalue weighted by Gasteiger charge is -2.25. The molecule has 140 valence electrons. The summed E-state index contributed by atoms with van der Waals surface area (Å²) in [5, 5.41) is 3.21. The van der Waals surface area contributed by atoms with Gasteiger partial charge in [-0.2, -0.15) is 4.31 Å². The van der Waals surface area contributed by atoms with Gasteiger partial charge >= 0.3 is 0 Å². The zero-order chi connectivity index (χ0) is 18.4. The molecule has 3 rings (SSSR count). The highest BCUT2D eigenvalue weighted by Crippen LogP contribution is 2.20. The van der Waals surface area contributed by atoms with Gasteiger partial charge in [0.05, 0.1) is 13.2 Å². The van der Waals surface area contributed by atoms with Gasteiger partial charge in [-0.05, 0) is 42.7 Å². The van der Waals surface area contributed by atoms with E-state index < -0.39 is 10.0 Å². The van der Waals surface area contributed by atoms with Crippen molar-refractivity contribution in [3.63, 3.8) is 0 Å². The number of aryl methyl sites for hydroxylation is 1. The average molecular weight is 375 g/mol. The number of morpholine rings is 1. The normalized spacial score (nSPS) is 15.7. The number of hydrogen-bond acceptors (Lipinski definition) is 5. The Morgan fingerprint density at radius 2 is 1.85 bits per heavy atom. The summed E-state index contributed by atoms with van der Waals surface area (Å²) in [6.07, 6.45) is 4.86. The third-order valence-corrected chi connectivity index (χ3v) is 6.27. The van der Waals surface area contributed by atoms with Gasteiger partial charge in [0, 0.05) is 25.0 Å². The monoisotopic (exact) mass is 375 g/mol. The predicted molar refractivity (Wildman–Crippen MR) is 102 cm³/mol. The van der Waals surface area contributed by atoms with Crippen LogP contribution < -0.4 is 5.32 Å². The van der Waals surface area contributed by atoms with Crippen molar-refractivity contribution in [2.75, 3.05) is 31.6 Å². The molecule has 0 amide bonds. The number of rotatable bonds is 7. The molecule has 7 heteroatoms. The predicted octanol–water partition coefficient (Wildman–Crippen LogP) is 3.19. The van der Waals surface area contributed by atoms with Crippen LogP contribution in [-0.2, 0) is 21.2 Å². The topological polar surface area (TPSA) is 71.5 Å². The lowest BCUT2D eigenvalue weighted by molar-refractivity contribution is 0.0730. The molecule has 0 atom stereocenters. The zero-order valence-electron chi connectivity index (χ0n) is 15.0. The number of aromatic nitrogens is 1. The van der Waals surface area contributed by atoms with Crippen molar-refractivity contribution < 1.29 is 13.2 Å². The van der Waals surface area contributed by atoms with E-state index in [4.69, 9.17) is 4.74 Å². The molecular weight excluding hydrogens is 350 g/mol. The Morgan fingerprint density at radius 3 is 2.46 bits per heavy atom. The van der Waals surface area contributed by atoms with Gasteiger partial charge in [-0.1, -0.05) is 25.5 Å². The highest BCUT2D eigenvalue weighted by molar-refractivity contribution is 7.89. The summed E-state index contributed by atoms with van der Waals surface area (Å²) in [4.78, 5) is 4.47. The third-order valence-electron chi connectivity index (χ3n) is 4.39. The first kappa shape index (κ1) is 18.8. The second-order valence-electron chi connectivity index (χ2n) is 6.32. The molecule has 0 aliphatic carbocycles. The van der Waals surface area contributed by atoms with Crippen molar-refractivity contribution >= 4 is 21.5 Å². The fourth-order valence-electron chi connectivity index (χ4n) is 2.83. The fourth-order valence-corrected chi connectivity index (χ4v) is 4.18. The Hall–Kier alpha value is -1.96. The van der Waals surface area contributed by atoms with E-state index in [0.29, 0.717) is 32.1 Å². The van der Waals surface area contributed by atoms with E-state index in [0.717, 1.165) is 12.1 Å². The number of nitrogens with zero attached hydrogens (tertiary/aromatic N) is 2. The van der Waals surface area contributed by atoms with Crippen LogP contribution in [0.3, 0.4) is 0 Å². The number of pyridine rings is 1. The molecule has 1 aliphatic heterocycles. The summed E-state index contributed by atoms with van der Waals surface area (Å²) in [5.74, 6) is 0.618. The third kappa shape index (κ3) is 4.60. The number of hydrogen-bond donors (Lipinski definition) is 1. The zero-order valence-corrected chi connectivity index (χ0v) is 15.8. The maximum atomic E-state index is 12.6. The number of anilines is 2. The largest absolute Gasteiger partial charge is 0.379 e. The SMILES string of the molecule is CCCCc1ccc(Nc2ccc(S(=O)(=O)N3CCOCC3)cn2)cc1. The van der Waals surface area contributed by atoms with Crippen LogP contribution in [0.1, 0.15) is 25.3 Å². The van der Waals surface area contributed by atoms with E-state index in [1.807, 2.05) is 12.1 Å². The van der Waals surface area contributed by atoms with Crippen molar-refractivity contribution in [2.45, 2.75) is 31.1 Å². The lowest BCUT2D eigenvalue weighted by Crippen LogP contribution is -2.40. The number of sulfonamides is 1. The summed E-state index contributed by atoms with van der Waals surface area (Å²) < 4.78 is 31.8. The van der Waals surface area contributed by atoms with Crippen LogP contribution >= 0.6 is 0 Å². The minimum absolute atomic E-state index is 0.208. The molecule has 1 fully saturated rings. The van der Waals surface area contributed by atoms with Gasteiger partial charge in [0.25, 0.3) is 0 Å². The molecule has 1 aromatic carbocycles. The molecule has 26 heavy (non-hydrogen) atoms. The van der Waals surface area contributed by atoms with E-state index in [2.05, 4.69) is 29.4 Å². The minimum atomic E-state index is -3.50. The van der Waals surface area contributed by atoms with Crippen LogP contribution in [0.2, 0.25) is 0 Å². The molecule has 1 aliphatic rings. The van der Waals surface area contributed by atoms with Crippen LogP contribution in [0.4, 0.5) is 11.5 Å². The molecule has 2 heterocycles. The van der Waals surface area contributed by atoms with Crippen molar-refractivity contribution in [3.05, 3.63) is 48.2 Å². The molecule has 0 radical (unpaired) electrons. The van der Waals surface area contributed by atoms with Crippen LogP contribution in [-0.4, -0.2) is 44.0 Å². The number of ether oxygens (including phenoxy) is 1. The maximum Gasteiger partial charge on any atom is 0.244 e. The number of nitrogens with one attached hydrogen (secondary N) is 1. The smallest absolute Gasteiger partial charge is 0.244 e. The molecule has 0 spiro atoms. The van der Waals surface area contributed by atoms with E-state index >= 15 is 0 Å². The number of unbranched alkanes of at least 4 members (excludes halogenated alkanes) is 1. The molecule has 0 unspecified atom stereocenters. The van der Waals surface area contributed by atoms with Crippen molar-refractivity contribution in [2.24, 2.45) is 0 Å².